The quantitative estimate of drug-likeness (QED) is 0.741. The highest BCUT2D eigenvalue weighted by molar-refractivity contribution is 9.10. The van der Waals surface area contributed by atoms with Gasteiger partial charge < -0.3 is 0 Å². The van der Waals surface area contributed by atoms with Gasteiger partial charge in [0.1, 0.15) is 0 Å². The van der Waals surface area contributed by atoms with E-state index in [1.807, 2.05) is 36.6 Å². The number of halogens is 1. The monoisotopic (exact) mass is 233 g/mol. The molecule has 1 radical (unpaired) electrons. The fourth-order valence-electron chi connectivity index (χ4n) is 1.31. The van der Waals surface area contributed by atoms with E-state index in [9.17, 15) is 4.79 Å². The zero-order valence-electron chi connectivity index (χ0n) is 6.75. The van der Waals surface area contributed by atoms with Crippen LogP contribution in [0.3, 0.4) is 0 Å². The van der Waals surface area contributed by atoms with E-state index in [4.69, 9.17) is 0 Å². The average molecular weight is 234 g/mol. The Balaban J connectivity index is 2.86. The Kier molecular flexibility index (Phi) is 2.15. The maximum absolute atomic E-state index is 10.5. The molecule has 2 heteroatoms. The van der Waals surface area contributed by atoms with Gasteiger partial charge >= 0.3 is 0 Å². The summed E-state index contributed by atoms with van der Waals surface area (Å²) in [6.45, 7) is 0. The van der Waals surface area contributed by atoms with Crippen molar-refractivity contribution in [3.63, 3.8) is 0 Å². The average Bonchev–Trinajstić information content (AvgIpc) is 2.19. The number of carbonyl (C=O) groups excluding carboxylic acids is 1. The van der Waals surface area contributed by atoms with Crippen molar-refractivity contribution in [3.8, 4) is 0 Å². The van der Waals surface area contributed by atoms with Crippen molar-refractivity contribution in [1.29, 1.82) is 0 Å². The lowest BCUT2D eigenvalue weighted by molar-refractivity contribution is 0.562. The third-order valence-electron chi connectivity index (χ3n) is 1.97. The van der Waals surface area contributed by atoms with Gasteiger partial charge in [-0.3, -0.25) is 4.79 Å². The molecule has 0 saturated carbocycles. The minimum Gasteiger partial charge on any atom is -0.285 e. The fraction of sp³-hybridized carbons (Fsp3) is 0. The van der Waals surface area contributed by atoms with Crippen LogP contribution in [-0.2, 0) is 4.79 Å². The van der Waals surface area contributed by atoms with E-state index < -0.39 is 0 Å². The lowest BCUT2D eigenvalue weighted by Gasteiger charge is -2.01. The summed E-state index contributed by atoms with van der Waals surface area (Å²) in [7, 11) is 0. The summed E-state index contributed by atoms with van der Waals surface area (Å²) in [5.74, 6) is 0. The molecule has 0 N–H and O–H groups in total. The number of fused-ring (bicyclic) bond motifs is 1. The Hall–Kier alpha value is -1.15. The Bertz CT molecular complexity index is 463. The minimum absolute atomic E-state index is 0.568. The van der Waals surface area contributed by atoms with E-state index in [0.29, 0.717) is 5.56 Å². The van der Waals surface area contributed by atoms with Crippen LogP contribution in [0.1, 0.15) is 5.56 Å². The predicted octanol–water partition coefficient (Wildman–Crippen LogP) is 3.06. The highest BCUT2D eigenvalue weighted by atomic mass is 79.9. The molecule has 0 atom stereocenters. The van der Waals surface area contributed by atoms with Crippen LogP contribution in [0.4, 0.5) is 0 Å². The van der Waals surface area contributed by atoms with E-state index in [1.54, 1.807) is 6.07 Å². The first-order valence-electron chi connectivity index (χ1n) is 3.88. The van der Waals surface area contributed by atoms with Gasteiger partial charge in [-0.2, -0.15) is 0 Å². The Morgan fingerprint density at radius 1 is 1.08 bits per heavy atom. The van der Waals surface area contributed by atoms with Crippen molar-refractivity contribution in [1.82, 2.24) is 0 Å². The summed E-state index contributed by atoms with van der Waals surface area (Å²) in [6.07, 6.45) is 1.89. The summed E-state index contributed by atoms with van der Waals surface area (Å²) in [4.78, 5) is 10.5. The molecule has 0 bridgehead atoms. The lowest BCUT2D eigenvalue weighted by atomic mass is 10.1. The van der Waals surface area contributed by atoms with Crippen LogP contribution in [0, 0.1) is 0 Å². The summed E-state index contributed by atoms with van der Waals surface area (Å²) in [6, 6.07) is 11.6. The predicted molar refractivity (Wildman–Crippen MR) is 56.4 cm³/mol. The van der Waals surface area contributed by atoms with Crippen LogP contribution in [0.5, 0.6) is 0 Å². The van der Waals surface area contributed by atoms with E-state index in [0.717, 1.165) is 15.2 Å². The molecule has 0 spiro atoms. The zero-order valence-corrected chi connectivity index (χ0v) is 8.34. The van der Waals surface area contributed by atoms with Gasteiger partial charge in [-0.25, -0.2) is 0 Å². The van der Waals surface area contributed by atoms with Crippen molar-refractivity contribution in [3.05, 3.63) is 46.4 Å². The van der Waals surface area contributed by atoms with Gasteiger partial charge in [0.15, 0.2) is 0 Å². The van der Waals surface area contributed by atoms with Gasteiger partial charge in [-0.15, -0.1) is 0 Å². The SMILES string of the molecule is O=[C]c1ccc2ccccc2c1Br. The summed E-state index contributed by atoms with van der Waals surface area (Å²) in [5.41, 5.74) is 0.568. The largest absolute Gasteiger partial charge is 0.285 e. The third kappa shape index (κ3) is 1.38. The first-order valence-corrected chi connectivity index (χ1v) is 4.67. The molecule has 0 heterocycles. The first kappa shape index (κ1) is 8.45. The van der Waals surface area contributed by atoms with Crippen LogP contribution >= 0.6 is 15.9 Å². The molecular formula is C11H6BrO. The highest BCUT2D eigenvalue weighted by Crippen LogP contribution is 2.26. The first-order chi connectivity index (χ1) is 6.33. The van der Waals surface area contributed by atoms with Gasteiger partial charge in [0.05, 0.1) is 0 Å². The number of rotatable bonds is 1. The summed E-state index contributed by atoms with van der Waals surface area (Å²) < 4.78 is 0.820. The summed E-state index contributed by atoms with van der Waals surface area (Å²) >= 11 is 3.38. The molecule has 0 aliphatic carbocycles. The number of hydrogen-bond acceptors (Lipinski definition) is 1. The Morgan fingerprint density at radius 2 is 1.85 bits per heavy atom. The molecule has 2 rings (SSSR count). The molecule has 63 valence electrons. The maximum atomic E-state index is 10.5. The number of benzene rings is 2. The Labute approximate surface area is 84.5 Å². The van der Waals surface area contributed by atoms with Crippen molar-refractivity contribution in [2.24, 2.45) is 0 Å². The molecule has 2 aromatic carbocycles. The third-order valence-corrected chi connectivity index (χ3v) is 2.83. The minimum atomic E-state index is 0.568. The zero-order chi connectivity index (χ0) is 9.26. The molecular weight excluding hydrogens is 228 g/mol. The molecule has 0 unspecified atom stereocenters. The lowest BCUT2D eigenvalue weighted by Crippen LogP contribution is -1.83. The van der Waals surface area contributed by atoms with E-state index in [-0.39, 0.29) is 0 Å². The van der Waals surface area contributed by atoms with Crippen molar-refractivity contribution < 1.29 is 4.79 Å². The van der Waals surface area contributed by atoms with Crippen LogP contribution in [-0.4, -0.2) is 6.29 Å². The van der Waals surface area contributed by atoms with Crippen molar-refractivity contribution in [2.45, 2.75) is 0 Å². The highest BCUT2D eigenvalue weighted by Gasteiger charge is 2.03. The molecule has 0 aliphatic heterocycles. The molecule has 1 nitrogen and oxygen atoms in total. The van der Waals surface area contributed by atoms with Gasteiger partial charge in [0.25, 0.3) is 0 Å². The Morgan fingerprint density at radius 3 is 2.62 bits per heavy atom. The second-order valence-electron chi connectivity index (χ2n) is 2.75. The standard InChI is InChI=1S/C11H6BrO/c12-11-9(7-13)6-5-8-3-1-2-4-10(8)11/h1-6H. The van der Waals surface area contributed by atoms with Crippen LogP contribution in [0.25, 0.3) is 10.8 Å². The number of hydrogen-bond donors (Lipinski definition) is 0. The van der Waals surface area contributed by atoms with Gasteiger partial charge in [0, 0.05) is 10.0 Å². The van der Waals surface area contributed by atoms with Crippen LogP contribution in [0.2, 0.25) is 0 Å². The van der Waals surface area contributed by atoms with E-state index in [1.165, 1.54) is 0 Å². The maximum Gasteiger partial charge on any atom is 0.234 e. The molecule has 0 aliphatic rings. The second kappa shape index (κ2) is 3.30. The molecule has 13 heavy (non-hydrogen) atoms. The van der Waals surface area contributed by atoms with E-state index >= 15 is 0 Å². The molecule has 0 fully saturated rings. The summed E-state index contributed by atoms with van der Waals surface area (Å²) in [5, 5.41) is 2.16. The molecule has 0 amide bonds. The molecule has 0 saturated heterocycles. The van der Waals surface area contributed by atoms with Crippen LogP contribution in [0.15, 0.2) is 40.9 Å². The van der Waals surface area contributed by atoms with Gasteiger partial charge in [-0.1, -0.05) is 30.3 Å². The smallest absolute Gasteiger partial charge is 0.234 e. The molecule has 0 aromatic heterocycles. The van der Waals surface area contributed by atoms with Gasteiger partial charge in [0.2, 0.25) is 6.29 Å². The van der Waals surface area contributed by atoms with Crippen molar-refractivity contribution in [2.75, 3.05) is 0 Å². The van der Waals surface area contributed by atoms with Crippen molar-refractivity contribution >= 4 is 33.0 Å². The normalized spacial score (nSPS) is 10.2. The topological polar surface area (TPSA) is 17.1 Å². The second-order valence-corrected chi connectivity index (χ2v) is 3.54. The van der Waals surface area contributed by atoms with Gasteiger partial charge in [-0.05, 0) is 32.8 Å². The van der Waals surface area contributed by atoms with E-state index in [2.05, 4.69) is 15.9 Å². The fourth-order valence-corrected chi connectivity index (χ4v) is 1.89. The van der Waals surface area contributed by atoms with Crippen LogP contribution < -0.4 is 0 Å². The molecule has 2 aromatic rings.